The highest BCUT2D eigenvalue weighted by Gasteiger charge is 2.33. The zero-order valence-electron chi connectivity index (χ0n) is 6.48. The lowest BCUT2D eigenvalue weighted by atomic mass is 10.1. The number of allylic oxidation sites excluding steroid dienone is 1. The van der Waals surface area contributed by atoms with Crippen molar-refractivity contribution in [3.8, 4) is 0 Å². The Hall–Kier alpha value is -0.770. The second kappa shape index (κ2) is 3.96. The van der Waals surface area contributed by atoms with Gasteiger partial charge in [0.25, 0.3) is 0 Å². The van der Waals surface area contributed by atoms with Crippen molar-refractivity contribution in [2.24, 2.45) is 0 Å². The van der Waals surface area contributed by atoms with E-state index in [4.69, 9.17) is 0 Å². The van der Waals surface area contributed by atoms with E-state index in [2.05, 4.69) is 15.9 Å². The summed E-state index contributed by atoms with van der Waals surface area (Å²) >= 11 is 2.71. The minimum absolute atomic E-state index is 0.159. The molecule has 1 rings (SSSR count). The molecule has 0 aliphatic heterocycles. The number of hydrogen-bond acceptors (Lipinski definition) is 0. The molecule has 0 nitrogen and oxygen atoms in total. The van der Waals surface area contributed by atoms with E-state index in [1.807, 2.05) is 0 Å². The Morgan fingerprint density at radius 1 is 1.15 bits per heavy atom. The molecule has 0 radical (unpaired) electrons. The van der Waals surface area contributed by atoms with Gasteiger partial charge in [0.2, 0.25) is 0 Å². The molecular formula is C9H6BrF3. The third kappa shape index (κ3) is 2.59. The molecule has 0 aliphatic rings. The van der Waals surface area contributed by atoms with Crippen molar-refractivity contribution < 1.29 is 13.2 Å². The van der Waals surface area contributed by atoms with Gasteiger partial charge in [0.05, 0.1) is 5.57 Å². The molecule has 0 bridgehead atoms. The molecule has 0 atom stereocenters. The third-order valence-electron chi connectivity index (χ3n) is 1.50. The highest BCUT2D eigenvalue weighted by molar-refractivity contribution is 9.11. The molecule has 0 saturated heterocycles. The van der Waals surface area contributed by atoms with Crippen LogP contribution in [0.2, 0.25) is 0 Å². The standard InChI is InChI=1S/C9H6BrF3/c10-6-8(9(11,12)13)7-4-2-1-3-5-7/h1-6H. The van der Waals surface area contributed by atoms with Crippen molar-refractivity contribution >= 4 is 21.5 Å². The minimum Gasteiger partial charge on any atom is -0.166 e. The lowest BCUT2D eigenvalue weighted by Crippen LogP contribution is -2.09. The Morgan fingerprint density at radius 3 is 2.08 bits per heavy atom. The Labute approximate surface area is 82.2 Å². The summed E-state index contributed by atoms with van der Waals surface area (Å²) < 4.78 is 36.9. The van der Waals surface area contributed by atoms with E-state index in [-0.39, 0.29) is 5.56 Å². The number of hydrogen-bond donors (Lipinski definition) is 0. The van der Waals surface area contributed by atoms with Gasteiger partial charge in [-0.2, -0.15) is 13.2 Å². The maximum atomic E-state index is 12.3. The van der Waals surface area contributed by atoms with Gasteiger partial charge >= 0.3 is 6.18 Å². The van der Waals surface area contributed by atoms with Gasteiger partial charge in [-0.25, -0.2) is 0 Å². The van der Waals surface area contributed by atoms with Crippen LogP contribution in [-0.4, -0.2) is 6.18 Å². The minimum atomic E-state index is -4.31. The normalized spacial score (nSPS) is 13.1. The van der Waals surface area contributed by atoms with E-state index in [1.165, 1.54) is 12.1 Å². The summed E-state index contributed by atoms with van der Waals surface area (Å²) in [5.74, 6) is 0. The van der Waals surface area contributed by atoms with Crippen molar-refractivity contribution in [3.63, 3.8) is 0 Å². The molecule has 70 valence electrons. The molecule has 0 N–H and O–H groups in total. The molecule has 0 saturated carbocycles. The first-order valence-electron chi connectivity index (χ1n) is 3.48. The Morgan fingerprint density at radius 2 is 1.69 bits per heavy atom. The van der Waals surface area contributed by atoms with Crippen LogP contribution in [0.25, 0.3) is 5.57 Å². The van der Waals surface area contributed by atoms with Crippen molar-refractivity contribution in [2.75, 3.05) is 0 Å². The Kier molecular flexibility index (Phi) is 3.14. The fraction of sp³-hybridized carbons (Fsp3) is 0.111. The Balaban J connectivity index is 3.08. The molecule has 0 spiro atoms. The van der Waals surface area contributed by atoms with Crippen LogP contribution in [0.3, 0.4) is 0 Å². The van der Waals surface area contributed by atoms with Crippen LogP contribution in [0.5, 0.6) is 0 Å². The molecule has 1 aromatic rings. The average molecular weight is 251 g/mol. The first kappa shape index (κ1) is 10.3. The first-order valence-corrected chi connectivity index (χ1v) is 4.40. The first-order chi connectivity index (χ1) is 6.05. The molecule has 13 heavy (non-hydrogen) atoms. The quantitative estimate of drug-likeness (QED) is 0.708. The zero-order chi connectivity index (χ0) is 9.90. The number of alkyl halides is 3. The number of rotatable bonds is 1. The highest BCUT2D eigenvalue weighted by Crippen LogP contribution is 2.34. The summed E-state index contributed by atoms with van der Waals surface area (Å²) in [6.45, 7) is 0. The van der Waals surface area contributed by atoms with Crippen LogP contribution in [0.1, 0.15) is 5.56 Å². The lowest BCUT2D eigenvalue weighted by Gasteiger charge is -2.10. The second-order valence-electron chi connectivity index (χ2n) is 2.39. The fourth-order valence-electron chi connectivity index (χ4n) is 0.906. The fourth-order valence-corrected chi connectivity index (χ4v) is 1.43. The van der Waals surface area contributed by atoms with Crippen molar-refractivity contribution in [3.05, 3.63) is 40.9 Å². The van der Waals surface area contributed by atoms with Gasteiger partial charge in [-0.05, 0) is 10.5 Å². The summed E-state index contributed by atoms with van der Waals surface area (Å²) in [4.78, 5) is 0.891. The van der Waals surface area contributed by atoms with E-state index in [9.17, 15) is 13.2 Å². The molecular weight excluding hydrogens is 245 g/mol. The van der Waals surface area contributed by atoms with Crippen molar-refractivity contribution in [2.45, 2.75) is 6.18 Å². The summed E-state index contributed by atoms with van der Waals surface area (Å²) in [7, 11) is 0. The predicted octanol–water partition coefficient (Wildman–Crippen LogP) is 3.98. The second-order valence-corrected chi connectivity index (χ2v) is 2.84. The molecule has 0 unspecified atom stereocenters. The van der Waals surface area contributed by atoms with E-state index < -0.39 is 11.7 Å². The van der Waals surface area contributed by atoms with Crippen LogP contribution < -0.4 is 0 Å². The summed E-state index contributed by atoms with van der Waals surface area (Å²) in [6, 6.07) is 7.64. The van der Waals surface area contributed by atoms with Gasteiger partial charge in [-0.3, -0.25) is 0 Å². The maximum absolute atomic E-state index is 12.3. The predicted molar refractivity (Wildman–Crippen MR) is 49.4 cm³/mol. The maximum Gasteiger partial charge on any atom is 0.417 e. The number of halogens is 4. The summed E-state index contributed by atoms with van der Waals surface area (Å²) in [5, 5.41) is 0. The zero-order valence-corrected chi connectivity index (χ0v) is 8.06. The lowest BCUT2D eigenvalue weighted by molar-refractivity contribution is -0.0687. The van der Waals surface area contributed by atoms with E-state index in [0.29, 0.717) is 0 Å². The Bertz CT molecular complexity index is 300. The topological polar surface area (TPSA) is 0 Å². The van der Waals surface area contributed by atoms with Crippen LogP contribution in [0.15, 0.2) is 35.3 Å². The van der Waals surface area contributed by atoms with E-state index in [1.54, 1.807) is 18.2 Å². The molecule has 0 fully saturated rings. The largest absolute Gasteiger partial charge is 0.417 e. The average Bonchev–Trinajstić information content (AvgIpc) is 2.05. The SMILES string of the molecule is FC(F)(F)C(=CBr)c1ccccc1. The van der Waals surface area contributed by atoms with E-state index >= 15 is 0 Å². The van der Waals surface area contributed by atoms with Gasteiger partial charge in [-0.15, -0.1) is 0 Å². The van der Waals surface area contributed by atoms with Crippen LogP contribution in [0, 0.1) is 0 Å². The van der Waals surface area contributed by atoms with Gasteiger partial charge in [-0.1, -0.05) is 46.3 Å². The smallest absolute Gasteiger partial charge is 0.166 e. The summed E-state index contributed by atoms with van der Waals surface area (Å²) in [5.41, 5.74) is -0.514. The third-order valence-corrected chi connectivity index (χ3v) is 1.96. The van der Waals surface area contributed by atoms with E-state index in [0.717, 1.165) is 4.99 Å². The van der Waals surface area contributed by atoms with Crippen molar-refractivity contribution in [1.82, 2.24) is 0 Å². The van der Waals surface area contributed by atoms with Gasteiger partial charge < -0.3 is 0 Å². The molecule has 0 aliphatic carbocycles. The monoisotopic (exact) mass is 250 g/mol. The van der Waals surface area contributed by atoms with Gasteiger partial charge in [0.1, 0.15) is 0 Å². The summed E-state index contributed by atoms with van der Waals surface area (Å²) in [6.07, 6.45) is -4.31. The highest BCUT2D eigenvalue weighted by atomic mass is 79.9. The molecule has 4 heteroatoms. The molecule has 1 aromatic carbocycles. The van der Waals surface area contributed by atoms with Crippen molar-refractivity contribution in [1.29, 1.82) is 0 Å². The van der Waals surface area contributed by atoms with Gasteiger partial charge in [0.15, 0.2) is 0 Å². The van der Waals surface area contributed by atoms with Gasteiger partial charge in [0, 0.05) is 0 Å². The molecule has 0 heterocycles. The molecule has 0 amide bonds. The van der Waals surface area contributed by atoms with Crippen LogP contribution in [0.4, 0.5) is 13.2 Å². The van der Waals surface area contributed by atoms with Crippen LogP contribution >= 0.6 is 15.9 Å². The molecule has 0 aromatic heterocycles. The number of benzene rings is 1. The van der Waals surface area contributed by atoms with Crippen LogP contribution in [-0.2, 0) is 0 Å².